The van der Waals surface area contributed by atoms with E-state index in [1.54, 1.807) is 11.6 Å². The highest BCUT2D eigenvalue weighted by atomic mass is 35.5. The van der Waals surface area contributed by atoms with E-state index in [9.17, 15) is 39.4 Å². The first kappa shape index (κ1) is 33.3. The van der Waals surface area contributed by atoms with Gasteiger partial charge in [-0.25, -0.2) is 9.76 Å². The summed E-state index contributed by atoms with van der Waals surface area (Å²) in [6.45, 7) is 3.38. The molecule has 2 saturated heterocycles. The smallest absolute Gasteiger partial charge is 0.344 e. The lowest BCUT2D eigenvalue weighted by Crippen LogP contribution is -2.50. The van der Waals surface area contributed by atoms with Crippen molar-refractivity contribution >= 4 is 48.2 Å². The monoisotopic (exact) mass is 698 g/mol. The maximum absolute atomic E-state index is 13.8. The molecule has 2 aliphatic carbocycles. The van der Waals surface area contributed by atoms with Crippen LogP contribution in [0.3, 0.4) is 0 Å². The van der Waals surface area contributed by atoms with Gasteiger partial charge in [0.1, 0.15) is 29.0 Å². The van der Waals surface area contributed by atoms with E-state index < -0.39 is 96.1 Å². The summed E-state index contributed by atoms with van der Waals surface area (Å²) in [7, 11) is -3.55. The molecule has 0 radical (unpaired) electrons. The summed E-state index contributed by atoms with van der Waals surface area (Å²) in [4.78, 5) is 39.8. The first-order chi connectivity index (χ1) is 21.7. The van der Waals surface area contributed by atoms with Gasteiger partial charge in [0.2, 0.25) is 5.78 Å². The van der Waals surface area contributed by atoms with Gasteiger partial charge < -0.3 is 29.9 Å². The number of halogens is 2. The lowest BCUT2D eigenvalue weighted by atomic mass is 9.72. The largest absolute Gasteiger partial charge is 0.507 e. The number of fused-ring (bicyclic) bond motifs is 4. The summed E-state index contributed by atoms with van der Waals surface area (Å²) in [5, 5.41) is 47.9. The first-order valence-electron chi connectivity index (χ1n) is 14.7. The van der Waals surface area contributed by atoms with Gasteiger partial charge in [0, 0.05) is 60.8 Å². The minimum absolute atomic E-state index is 0.0925. The second-order valence-electron chi connectivity index (χ2n) is 12.0. The number of ketones is 3. The van der Waals surface area contributed by atoms with E-state index >= 15 is 0 Å². The second-order valence-corrected chi connectivity index (χ2v) is 14.8. The predicted octanol–water partition coefficient (Wildman–Crippen LogP) is 3.28. The van der Waals surface area contributed by atoms with Crippen LogP contribution >= 0.6 is 30.9 Å². The third kappa shape index (κ3) is 5.26. The number of Topliss-reactive ketones (excluding diaryl/α,β-unsaturated/α-hetero) is 1. The number of rotatable bonds is 8. The van der Waals surface area contributed by atoms with Crippen LogP contribution in [0.1, 0.15) is 75.8 Å². The number of nitrogens with one attached hydrogen (secondary N) is 1. The normalized spacial score (nSPS) is 31.7. The number of phenolic OH excluding ortho intramolecular Hbond substituents is 3. The van der Waals surface area contributed by atoms with Gasteiger partial charge in [0.05, 0.1) is 34.9 Å². The third-order valence-electron chi connectivity index (χ3n) is 9.17. The van der Waals surface area contributed by atoms with E-state index in [4.69, 9.17) is 37.2 Å². The van der Waals surface area contributed by atoms with Gasteiger partial charge in [-0.1, -0.05) is 12.1 Å². The zero-order valence-corrected chi connectivity index (χ0v) is 27.3. The summed E-state index contributed by atoms with van der Waals surface area (Å²) < 4.78 is 33.7. The zero-order chi connectivity index (χ0) is 33.3. The molecule has 0 saturated carbocycles. The number of aliphatic hydroxyl groups is 1. The van der Waals surface area contributed by atoms with Gasteiger partial charge in [-0.3, -0.25) is 23.5 Å². The van der Waals surface area contributed by atoms with Gasteiger partial charge in [0.25, 0.3) is 0 Å². The topological polar surface area (TPSA) is 192 Å². The maximum Gasteiger partial charge on any atom is 0.344 e. The van der Waals surface area contributed by atoms with E-state index in [2.05, 4.69) is 5.09 Å². The van der Waals surface area contributed by atoms with Crippen molar-refractivity contribution in [2.45, 2.75) is 69.4 Å². The van der Waals surface area contributed by atoms with Crippen LogP contribution in [0.25, 0.3) is 0 Å². The average Bonchev–Trinajstić information content (AvgIpc) is 3.35. The Kier molecular flexibility index (Phi) is 8.80. The minimum atomic E-state index is -3.55. The van der Waals surface area contributed by atoms with Gasteiger partial charge in [-0.2, -0.15) is 0 Å². The third-order valence-corrected chi connectivity index (χ3v) is 11.8. The fraction of sp³-hybridized carbons (Fsp3) is 0.500. The summed E-state index contributed by atoms with van der Waals surface area (Å²) in [6.07, 6.45) is -4.41. The Morgan fingerprint density at radius 2 is 1.78 bits per heavy atom. The first-order valence-corrected chi connectivity index (χ1v) is 17.4. The van der Waals surface area contributed by atoms with Crippen molar-refractivity contribution in [3.63, 3.8) is 0 Å². The number of carbonyl (C=O) groups excluding carboxylic acids is 3. The van der Waals surface area contributed by atoms with Crippen LogP contribution in [-0.4, -0.2) is 97.4 Å². The molecular formula is C30H33Cl2N2O11P. The molecule has 2 heterocycles. The quantitative estimate of drug-likeness (QED) is 0.131. The Morgan fingerprint density at radius 1 is 1.11 bits per heavy atom. The van der Waals surface area contributed by atoms with Crippen LogP contribution in [0.4, 0.5) is 0 Å². The number of hydrogen-bond donors (Lipinski definition) is 5. The molecule has 2 aromatic rings. The Morgan fingerprint density at radius 3 is 2.43 bits per heavy atom. The lowest BCUT2D eigenvalue weighted by Gasteiger charge is -2.41. The Balaban J connectivity index is 1.37. The SMILES string of the molecule is CC(=O)[C@]1(O)Cc2c(O)c3c(c(O)c2[C@@H](O[C@H]2C[C@@H]4N[P@](=O)(N(CCCl)CCCl)O[C@@H]4[C@H](C)O2)C1)C(=O)c1c(O)cccc1C3=O. The zero-order valence-electron chi connectivity index (χ0n) is 24.9. The predicted molar refractivity (Wildman–Crippen MR) is 164 cm³/mol. The molecule has 16 heteroatoms. The molecule has 2 fully saturated rings. The number of aromatic hydroxyl groups is 3. The Hall–Kier alpha value is -2.58. The molecule has 4 aliphatic rings. The molecule has 0 spiro atoms. The Labute approximate surface area is 273 Å². The summed E-state index contributed by atoms with van der Waals surface area (Å²) >= 11 is 11.8. The number of alkyl halides is 2. The van der Waals surface area contributed by atoms with Gasteiger partial charge in [-0.05, 0) is 19.9 Å². The molecule has 2 aromatic carbocycles. The number of carbonyl (C=O) groups is 3. The van der Waals surface area contributed by atoms with Gasteiger partial charge in [0.15, 0.2) is 17.9 Å². The minimum Gasteiger partial charge on any atom is -0.507 e. The van der Waals surface area contributed by atoms with Crippen LogP contribution in [0.2, 0.25) is 0 Å². The van der Waals surface area contributed by atoms with Gasteiger partial charge >= 0.3 is 7.67 Å². The van der Waals surface area contributed by atoms with E-state index in [1.807, 2.05) is 0 Å². The molecule has 46 heavy (non-hydrogen) atoms. The number of ether oxygens (including phenoxy) is 2. The van der Waals surface area contributed by atoms with E-state index in [1.165, 1.54) is 25.1 Å². The molecule has 0 unspecified atom stereocenters. The van der Waals surface area contributed by atoms with E-state index in [-0.39, 0.29) is 59.9 Å². The standard InChI is InChI=1S/C30H33Cl2N2O11P/c1-13-29-17(33-46(42,45-29)34(8-6-31)9-7-32)10-20(43-13)44-19-12-30(41,14(2)35)11-16-22(19)28(40)24-23(26(16)38)25(37)15-4-3-5-18(36)21(15)27(24)39/h3-5,13,17,19-20,29,36,38,40-41H,6-12H2,1-2H3,(H,33,42)/t13-,17-,19-,20-,29+,30-,46+/m0/s1. The molecule has 0 amide bonds. The molecule has 7 atom stereocenters. The fourth-order valence-electron chi connectivity index (χ4n) is 6.87. The molecular weight excluding hydrogens is 666 g/mol. The molecule has 0 bridgehead atoms. The van der Waals surface area contributed by atoms with Crippen molar-refractivity contribution < 1.29 is 53.4 Å². The average molecular weight is 699 g/mol. The Bertz CT molecular complexity index is 1680. The number of nitrogens with zero attached hydrogens (tertiary/aromatic N) is 1. The summed E-state index contributed by atoms with van der Waals surface area (Å²) in [6, 6.07) is 3.38. The molecule has 5 N–H and O–H groups in total. The van der Waals surface area contributed by atoms with Crippen LogP contribution in [-0.2, 0) is 29.8 Å². The summed E-state index contributed by atoms with van der Waals surface area (Å²) in [5.41, 5.74) is -3.83. The second kappa shape index (κ2) is 12.1. The number of phenols is 3. The van der Waals surface area contributed by atoms with Crippen LogP contribution in [0.5, 0.6) is 17.2 Å². The fourth-order valence-corrected chi connectivity index (χ4v) is 9.91. The molecule has 6 rings (SSSR count). The highest BCUT2D eigenvalue weighted by Crippen LogP contribution is 2.57. The van der Waals surface area contributed by atoms with Crippen molar-refractivity contribution in [2.75, 3.05) is 24.8 Å². The maximum atomic E-state index is 13.8. The molecule has 248 valence electrons. The van der Waals surface area contributed by atoms with E-state index in [0.717, 1.165) is 0 Å². The number of hydrogen-bond acceptors (Lipinski definition) is 11. The number of benzene rings is 2. The van der Waals surface area contributed by atoms with Crippen LogP contribution in [0.15, 0.2) is 18.2 Å². The summed E-state index contributed by atoms with van der Waals surface area (Å²) in [5.74, 6) is -3.83. The van der Waals surface area contributed by atoms with Crippen molar-refractivity contribution in [3.8, 4) is 17.2 Å². The van der Waals surface area contributed by atoms with Gasteiger partial charge in [-0.15, -0.1) is 23.2 Å². The highest BCUT2D eigenvalue weighted by Gasteiger charge is 2.54. The van der Waals surface area contributed by atoms with Crippen molar-refractivity contribution in [3.05, 3.63) is 51.6 Å². The van der Waals surface area contributed by atoms with Crippen LogP contribution < -0.4 is 5.09 Å². The van der Waals surface area contributed by atoms with Crippen molar-refractivity contribution in [1.29, 1.82) is 0 Å². The highest BCUT2D eigenvalue weighted by molar-refractivity contribution is 7.54. The molecule has 2 aliphatic heterocycles. The molecule has 0 aromatic heterocycles. The van der Waals surface area contributed by atoms with Crippen molar-refractivity contribution in [2.24, 2.45) is 0 Å². The molecule has 13 nitrogen and oxygen atoms in total. The van der Waals surface area contributed by atoms with Crippen LogP contribution in [0, 0.1) is 0 Å². The lowest BCUT2D eigenvalue weighted by molar-refractivity contribution is -0.241. The van der Waals surface area contributed by atoms with E-state index in [0.29, 0.717) is 0 Å². The van der Waals surface area contributed by atoms with Crippen molar-refractivity contribution in [1.82, 2.24) is 9.76 Å².